The number of carbonyl (C=O) groups is 3. The number of aryl methyl sites for hydroxylation is 1. The van der Waals surface area contributed by atoms with Crippen LogP contribution in [0.25, 0.3) is 21.3 Å². The van der Waals surface area contributed by atoms with Gasteiger partial charge in [-0.3, -0.25) is 19.8 Å². The Bertz CT molecular complexity index is 2320. The number of hydrogen-bond acceptors (Lipinski definition) is 10. The first-order chi connectivity index (χ1) is 27.8. The minimum Gasteiger partial charge on any atom is -0.494 e. The lowest BCUT2D eigenvalue weighted by atomic mass is 9.57. The summed E-state index contributed by atoms with van der Waals surface area (Å²) in [7, 11) is 0. The third-order valence-electron chi connectivity index (χ3n) is 11.8. The van der Waals surface area contributed by atoms with E-state index >= 15 is 0 Å². The van der Waals surface area contributed by atoms with Gasteiger partial charge in [-0.1, -0.05) is 41.7 Å². The number of amides is 1. The Hall–Kier alpha value is -5.33. The summed E-state index contributed by atoms with van der Waals surface area (Å²) in [6.45, 7) is 11.2. The Morgan fingerprint density at radius 2 is 1.72 bits per heavy atom. The van der Waals surface area contributed by atoms with Crippen molar-refractivity contribution in [3.05, 3.63) is 101 Å². The number of hydrogen-bond donors (Lipinski definition) is 2. The van der Waals surface area contributed by atoms with Crippen molar-refractivity contribution in [1.82, 2.24) is 14.9 Å². The summed E-state index contributed by atoms with van der Waals surface area (Å²) in [5.74, 6) is 0.606. The lowest BCUT2D eigenvalue weighted by molar-refractivity contribution is -0.139. The fraction of sp³-hybridized carbons (Fsp3) is 0.413. The van der Waals surface area contributed by atoms with Crippen LogP contribution in [0.5, 0.6) is 5.75 Å². The van der Waals surface area contributed by atoms with Crippen molar-refractivity contribution in [2.45, 2.75) is 78.4 Å². The number of piperidine rings is 1. The SMILES string of the molecule is Cc1cc(OCCC2CC3(CCN(CC(=O)O)CC3)C2)ccc1-c1ccc(N2CCc3cccc(C(=O)Nc4nc5ccccc5s4)c3C2)nc1C(=O)OC(C)(C)C. The molecule has 58 heavy (non-hydrogen) atoms. The molecule has 1 amide bonds. The predicted molar refractivity (Wildman–Crippen MR) is 227 cm³/mol. The molecule has 5 aromatic rings. The number of pyridine rings is 1. The van der Waals surface area contributed by atoms with E-state index in [1.165, 1.54) is 24.2 Å². The number of likely N-dealkylation sites (tertiary alicyclic amines) is 1. The number of anilines is 2. The quantitative estimate of drug-likeness (QED) is 0.125. The Morgan fingerprint density at radius 3 is 2.47 bits per heavy atom. The molecule has 1 spiro atoms. The number of carboxylic acid groups (broad SMARTS) is 1. The monoisotopic (exact) mass is 801 g/mol. The van der Waals surface area contributed by atoms with Gasteiger partial charge < -0.3 is 19.5 Å². The zero-order valence-corrected chi connectivity index (χ0v) is 34.5. The average Bonchev–Trinajstić information content (AvgIpc) is 3.59. The van der Waals surface area contributed by atoms with Crippen LogP contribution < -0.4 is 15.0 Å². The molecule has 1 aliphatic carbocycles. The van der Waals surface area contributed by atoms with Crippen molar-refractivity contribution in [1.29, 1.82) is 0 Å². The van der Waals surface area contributed by atoms with Crippen molar-refractivity contribution in [3.8, 4) is 16.9 Å². The molecule has 0 unspecified atom stereocenters. The Labute approximate surface area is 343 Å². The number of aliphatic carboxylic acids is 1. The Morgan fingerprint density at radius 1 is 0.948 bits per heavy atom. The number of rotatable bonds is 11. The molecule has 3 aromatic carbocycles. The van der Waals surface area contributed by atoms with Gasteiger partial charge in [0.2, 0.25) is 0 Å². The molecule has 0 radical (unpaired) electrons. The first-order valence-electron chi connectivity index (χ1n) is 20.3. The largest absolute Gasteiger partial charge is 0.494 e. The van der Waals surface area contributed by atoms with E-state index in [4.69, 9.17) is 19.6 Å². The van der Waals surface area contributed by atoms with Gasteiger partial charge in [0.05, 0.1) is 23.4 Å². The number of para-hydroxylation sites is 1. The smallest absolute Gasteiger partial charge is 0.358 e. The van der Waals surface area contributed by atoms with E-state index in [2.05, 4.69) is 26.2 Å². The third-order valence-corrected chi connectivity index (χ3v) is 12.8. The number of nitrogens with one attached hydrogen (secondary N) is 1. The van der Waals surface area contributed by atoms with Crippen molar-refractivity contribution in [3.63, 3.8) is 0 Å². The van der Waals surface area contributed by atoms with Crippen LogP contribution in [0.15, 0.2) is 72.8 Å². The molecular formula is C46H51N5O6S. The fourth-order valence-corrected chi connectivity index (χ4v) is 9.79. The van der Waals surface area contributed by atoms with Crippen molar-refractivity contribution in [2.24, 2.45) is 11.3 Å². The van der Waals surface area contributed by atoms with Crippen LogP contribution in [0.3, 0.4) is 0 Å². The van der Waals surface area contributed by atoms with Crippen LogP contribution in [0, 0.1) is 18.3 Å². The van der Waals surface area contributed by atoms with Gasteiger partial charge in [-0.2, -0.15) is 0 Å². The number of ether oxygens (including phenoxy) is 2. The van der Waals surface area contributed by atoms with Crippen LogP contribution in [-0.4, -0.2) is 76.2 Å². The molecule has 302 valence electrons. The van der Waals surface area contributed by atoms with Crippen molar-refractivity contribution < 1.29 is 29.0 Å². The summed E-state index contributed by atoms with van der Waals surface area (Å²) in [6.07, 6.45) is 6.26. The third kappa shape index (κ3) is 8.73. The highest BCUT2D eigenvalue weighted by atomic mass is 32.1. The topological polar surface area (TPSA) is 134 Å². The minimum atomic E-state index is -0.748. The first-order valence-corrected chi connectivity index (χ1v) is 21.1. The number of carbonyl (C=O) groups excluding carboxylic acids is 2. The van der Waals surface area contributed by atoms with E-state index in [1.807, 2.05) is 94.4 Å². The molecule has 2 N–H and O–H groups in total. The normalized spacial score (nSPS) is 16.8. The second-order valence-electron chi connectivity index (χ2n) is 17.2. The summed E-state index contributed by atoms with van der Waals surface area (Å²) in [6, 6.07) is 23.5. The van der Waals surface area contributed by atoms with E-state index in [0.29, 0.717) is 53.1 Å². The molecule has 2 fully saturated rings. The number of carboxylic acids is 1. The number of thiazole rings is 1. The highest BCUT2D eigenvalue weighted by Crippen LogP contribution is 2.53. The number of benzene rings is 3. The maximum atomic E-state index is 13.8. The van der Waals surface area contributed by atoms with E-state index in [0.717, 1.165) is 77.0 Å². The highest BCUT2D eigenvalue weighted by molar-refractivity contribution is 7.22. The lowest BCUT2D eigenvalue weighted by Gasteiger charge is -2.52. The Balaban J connectivity index is 0.953. The van der Waals surface area contributed by atoms with Gasteiger partial charge in [0, 0.05) is 24.2 Å². The van der Waals surface area contributed by atoms with Gasteiger partial charge in [0.1, 0.15) is 17.2 Å². The summed E-state index contributed by atoms with van der Waals surface area (Å²) in [5, 5.41) is 12.7. The summed E-state index contributed by atoms with van der Waals surface area (Å²) in [4.78, 5) is 52.3. The summed E-state index contributed by atoms with van der Waals surface area (Å²) < 4.78 is 13.2. The molecule has 0 atom stereocenters. The van der Waals surface area contributed by atoms with E-state index in [1.54, 1.807) is 0 Å². The highest BCUT2D eigenvalue weighted by Gasteiger charge is 2.45. The van der Waals surface area contributed by atoms with Gasteiger partial charge in [-0.15, -0.1) is 0 Å². The van der Waals surface area contributed by atoms with Crippen LogP contribution in [0.4, 0.5) is 10.9 Å². The summed E-state index contributed by atoms with van der Waals surface area (Å²) in [5.41, 5.74) is 5.91. The molecular weight excluding hydrogens is 751 g/mol. The maximum Gasteiger partial charge on any atom is 0.358 e. The van der Waals surface area contributed by atoms with E-state index in [-0.39, 0.29) is 18.1 Å². The van der Waals surface area contributed by atoms with Gasteiger partial charge in [-0.05, 0) is 155 Å². The van der Waals surface area contributed by atoms with Gasteiger partial charge in [0.25, 0.3) is 5.91 Å². The summed E-state index contributed by atoms with van der Waals surface area (Å²) >= 11 is 1.45. The maximum absolute atomic E-state index is 13.8. The molecule has 1 saturated heterocycles. The molecule has 3 aliphatic rings. The molecule has 8 rings (SSSR count). The van der Waals surface area contributed by atoms with Crippen LogP contribution in [0.1, 0.15) is 90.4 Å². The van der Waals surface area contributed by atoms with Crippen LogP contribution in [-0.2, 0) is 22.5 Å². The molecule has 2 aliphatic heterocycles. The number of fused-ring (bicyclic) bond motifs is 2. The molecule has 4 heterocycles. The second-order valence-corrected chi connectivity index (χ2v) is 18.2. The van der Waals surface area contributed by atoms with Crippen LogP contribution >= 0.6 is 11.3 Å². The average molecular weight is 802 g/mol. The number of esters is 1. The standard InChI is InChI=1S/C46H51N5O6S/c1-29-24-32(56-23-17-30-25-46(26-30)18-21-50(22-19-46)28-40(52)53)12-13-33(29)34-14-15-39(48-41(34)43(55)57-45(2,3)4)51-20-16-31-8-7-9-35(36(31)27-51)42(54)49-44-47-37-10-5-6-11-38(37)58-44/h5-15,24,30H,16-23,25-28H2,1-4H3,(H,52,53)(H,47,49,54). The molecule has 2 aromatic heterocycles. The van der Waals surface area contributed by atoms with Gasteiger partial charge in [0.15, 0.2) is 10.8 Å². The van der Waals surface area contributed by atoms with E-state index < -0.39 is 17.5 Å². The molecule has 0 bridgehead atoms. The number of nitrogens with zero attached hydrogens (tertiary/aromatic N) is 4. The minimum absolute atomic E-state index is 0.140. The molecule has 12 heteroatoms. The number of aromatic nitrogens is 2. The fourth-order valence-electron chi connectivity index (χ4n) is 8.93. The van der Waals surface area contributed by atoms with Gasteiger partial charge >= 0.3 is 11.9 Å². The molecule has 1 saturated carbocycles. The second kappa shape index (κ2) is 16.1. The Kier molecular flexibility index (Phi) is 11.0. The molecule has 11 nitrogen and oxygen atoms in total. The van der Waals surface area contributed by atoms with Crippen molar-refractivity contribution in [2.75, 3.05) is 43.0 Å². The zero-order valence-electron chi connectivity index (χ0n) is 33.7. The lowest BCUT2D eigenvalue weighted by Crippen LogP contribution is -2.48. The van der Waals surface area contributed by atoms with Crippen LogP contribution in [0.2, 0.25) is 0 Å². The predicted octanol–water partition coefficient (Wildman–Crippen LogP) is 8.78. The zero-order chi connectivity index (χ0) is 40.6. The van der Waals surface area contributed by atoms with Crippen molar-refractivity contribution >= 4 is 50.3 Å². The first kappa shape index (κ1) is 39.5. The van der Waals surface area contributed by atoms with Gasteiger partial charge in [-0.25, -0.2) is 14.8 Å². The van der Waals surface area contributed by atoms with E-state index in [9.17, 15) is 14.4 Å².